The number of hydrogen-bond donors (Lipinski definition) is 0. The number of rotatable bonds is 3. The maximum absolute atomic E-state index is 13.1. The molecule has 1 aromatic carbocycles. The Hall–Kier alpha value is -1.06. The van der Waals surface area contributed by atoms with Gasteiger partial charge in [-0.15, -0.1) is 12.4 Å². The lowest BCUT2D eigenvalue weighted by atomic mass is 9.52. The Morgan fingerprint density at radius 2 is 1.75 bits per heavy atom. The standard InChI is InChI=1S/C20H27NO2.ClH/c1-19(2)13-20(14-19,16-6-4-3-5-7-16)18(22)23-17-12-21-10-8-15(17)9-11-21;/h3-7,15,17H,8-14H2,1-2H3;1H. The number of piperidine rings is 3. The van der Waals surface area contributed by atoms with Crippen LogP contribution in [0, 0.1) is 11.3 Å². The van der Waals surface area contributed by atoms with Crippen molar-refractivity contribution < 1.29 is 9.53 Å². The van der Waals surface area contributed by atoms with E-state index < -0.39 is 5.41 Å². The van der Waals surface area contributed by atoms with Crippen molar-refractivity contribution in [1.29, 1.82) is 0 Å². The summed E-state index contributed by atoms with van der Waals surface area (Å²) in [7, 11) is 0. The molecule has 3 saturated heterocycles. The summed E-state index contributed by atoms with van der Waals surface area (Å²) >= 11 is 0. The minimum absolute atomic E-state index is 0. The fraction of sp³-hybridized carbons (Fsp3) is 0.650. The van der Waals surface area contributed by atoms with E-state index in [1.165, 1.54) is 25.9 Å². The molecule has 0 aromatic heterocycles. The lowest BCUT2D eigenvalue weighted by Crippen LogP contribution is -2.57. The highest BCUT2D eigenvalue weighted by atomic mass is 35.5. The SMILES string of the molecule is CC1(C)CC(C(=O)OC2CN3CCC2CC3)(c2ccccc2)C1.Cl. The number of nitrogens with zero attached hydrogens (tertiary/aromatic N) is 1. The molecule has 1 aromatic rings. The van der Waals surface area contributed by atoms with E-state index in [2.05, 4.69) is 30.9 Å². The molecule has 24 heavy (non-hydrogen) atoms. The topological polar surface area (TPSA) is 29.5 Å². The van der Waals surface area contributed by atoms with Crippen LogP contribution in [0.5, 0.6) is 0 Å². The van der Waals surface area contributed by atoms with Crippen LogP contribution in [-0.4, -0.2) is 36.6 Å². The predicted molar refractivity (Wildman–Crippen MR) is 97.4 cm³/mol. The van der Waals surface area contributed by atoms with Gasteiger partial charge in [0, 0.05) is 6.54 Å². The van der Waals surface area contributed by atoms with Gasteiger partial charge in [-0.25, -0.2) is 0 Å². The lowest BCUT2D eigenvalue weighted by molar-refractivity contribution is -0.175. The number of fused-ring (bicyclic) bond motifs is 3. The van der Waals surface area contributed by atoms with Crippen molar-refractivity contribution in [2.75, 3.05) is 19.6 Å². The second-order valence-electron chi connectivity index (χ2n) is 8.55. The van der Waals surface area contributed by atoms with Gasteiger partial charge in [0.15, 0.2) is 0 Å². The summed E-state index contributed by atoms with van der Waals surface area (Å²) in [6.07, 6.45) is 4.26. The molecule has 3 aliphatic heterocycles. The van der Waals surface area contributed by atoms with Crippen molar-refractivity contribution in [3.8, 4) is 0 Å². The first-order valence-electron chi connectivity index (χ1n) is 8.98. The van der Waals surface area contributed by atoms with E-state index >= 15 is 0 Å². The second kappa shape index (κ2) is 6.34. The summed E-state index contributed by atoms with van der Waals surface area (Å²) in [6.45, 7) is 7.78. The maximum Gasteiger partial charge on any atom is 0.316 e. The van der Waals surface area contributed by atoms with E-state index in [0.717, 1.165) is 24.9 Å². The fourth-order valence-corrected chi connectivity index (χ4v) is 5.10. The summed E-state index contributed by atoms with van der Waals surface area (Å²) in [4.78, 5) is 15.6. The average molecular weight is 350 g/mol. The molecule has 132 valence electrons. The molecule has 4 heteroatoms. The number of esters is 1. The summed E-state index contributed by atoms with van der Waals surface area (Å²) in [5.41, 5.74) is 0.936. The molecule has 0 N–H and O–H groups in total. The van der Waals surface area contributed by atoms with Crippen molar-refractivity contribution >= 4 is 18.4 Å². The average Bonchev–Trinajstić information content (AvgIpc) is 2.54. The number of carbonyl (C=O) groups is 1. The van der Waals surface area contributed by atoms with Gasteiger partial charge < -0.3 is 4.74 Å². The Labute approximate surface area is 151 Å². The van der Waals surface area contributed by atoms with Gasteiger partial charge in [-0.1, -0.05) is 44.2 Å². The smallest absolute Gasteiger partial charge is 0.316 e. The van der Waals surface area contributed by atoms with Gasteiger partial charge >= 0.3 is 5.97 Å². The third-order valence-corrected chi connectivity index (χ3v) is 6.13. The van der Waals surface area contributed by atoms with Crippen LogP contribution in [0.25, 0.3) is 0 Å². The van der Waals surface area contributed by atoms with Gasteiger partial charge in [0.05, 0.1) is 5.41 Å². The monoisotopic (exact) mass is 349 g/mol. The molecule has 3 heterocycles. The summed E-state index contributed by atoms with van der Waals surface area (Å²) in [6, 6.07) is 10.3. The van der Waals surface area contributed by atoms with Crippen molar-refractivity contribution in [3.63, 3.8) is 0 Å². The van der Waals surface area contributed by atoms with Crippen molar-refractivity contribution in [1.82, 2.24) is 4.90 Å². The molecule has 5 rings (SSSR count). The third-order valence-electron chi connectivity index (χ3n) is 6.13. The molecular weight excluding hydrogens is 322 g/mol. The van der Waals surface area contributed by atoms with Gasteiger partial charge in [-0.2, -0.15) is 0 Å². The van der Waals surface area contributed by atoms with Crippen LogP contribution in [0.1, 0.15) is 45.1 Å². The molecule has 0 amide bonds. The third kappa shape index (κ3) is 2.97. The zero-order valence-electron chi connectivity index (χ0n) is 14.7. The molecule has 1 unspecified atom stereocenters. The molecule has 1 aliphatic carbocycles. The lowest BCUT2D eigenvalue weighted by Gasteiger charge is -2.53. The molecular formula is C20H28ClNO2. The van der Waals surface area contributed by atoms with E-state index in [1.807, 2.05) is 18.2 Å². The number of carbonyl (C=O) groups excluding carboxylic acids is 1. The van der Waals surface area contributed by atoms with Crippen molar-refractivity contribution in [2.24, 2.45) is 11.3 Å². The highest BCUT2D eigenvalue weighted by Crippen LogP contribution is 2.56. The molecule has 2 bridgehead atoms. The number of benzene rings is 1. The highest BCUT2D eigenvalue weighted by Gasteiger charge is 2.57. The van der Waals surface area contributed by atoms with Crippen LogP contribution in [0.15, 0.2) is 30.3 Å². The van der Waals surface area contributed by atoms with Crippen LogP contribution >= 0.6 is 12.4 Å². The second-order valence-corrected chi connectivity index (χ2v) is 8.55. The van der Waals surface area contributed by atoms with Crippen LogP contribution < -0.4 is 0 Å². The van der Waals surface area contributed by atoms with E-state index in [0.29, 0.717) is 5.92 Å². The van der Waals surface area contributed by atoms with Crippen LogP contribution in [0.2, 0.25) is 0 Å². The summed E-state index contributed by atoms with van der Waals surface area (Å²) in [5.74, 6) is 0.589. The number of halogens is 1. The first-order valence-corrected chi connectivity index (χ1v) is 8.98. The maximum atomic E-state index is 13.1. The molecule has 4 fully saturated rings. The molecule has 3 nitrogen and oxygen atoms in total. The Morgan fingerprint density at radius 3 is 2.25 bits per heavy atom. The zero-order valence-corrected chi connectivity index (χ0v) is 15.5. The van der Waals surface area contributed by atoms with Crippen molar-refractivity contribution in [2.45, 2.75) is 51.0 Å². The Bertz CT molecular complexity index is 585. The van der Waals surface area contributed by atoms with Crippen LogP contribution in [0.4, 0.5) is 0 Å². The van der Waals surface area contributed by atoms with Crippen LogP contribution in [0.3, 0.4) is 0 Å². The summed E-state index contributed by atoms with van der Waals surface area (Å²) < 4.78 is 6.10. The Kier molecular flexibility index (Phi) is 4.69. The predicted octanol–water partition coefficient (Wildman–Crippen LogP) is 3.80. The van der Waals surface area contributed by atoms with E-state index in [-0.39, 0.29) is 29.9 Å². The fourth-order valence-electron chi connectivity index (χ4n) is 5.10. The molecule has 1 atom stereocenters. The van der Waals surface area contributed by atoms with E-state index in [9.17, 15) is 4.79 Å². The van der Waals surface area contributed by atoms with E-state index in [4.69, 9.17) is 4.74 Å². The van der Waals surface area contributed by atoms with E-state index in [1.54, 1.807) is 0 Å². The number of ether oxygens (including phenoxy) is 1. The van der Waals surface area contributed by atoms with Gasteiger partial charge in [0.1, 0.15) is 6.10 Å². The normalized spacial score (nSPS) is 32.3. The number of hydrogen-bond acceptors (Lipinski definition) is 3. The van der Waals surface area contributed by atoms with Crippen LogP contribution in [-0.2, 0) is 14.9 Å². The molecule has 0 radical (unpaired) electrons. The van der Waals surface area contributed by atoms with Gasteiger partial charge in [0.2, 0.25) is 0 Å². The first kappa shape index (κ1) is 17.8. The quantitative estimate of drug-likeness (QED) is 0.777. The van der Waals surface area contributed by atoms with Gasteiger partial charge in [-0.05, 0) is 55.7 Å². The Balaban J connectivity index is 0.00000169. The first-order chi connectivity index (χ1) is 11.0. The zero-order chi connectivity index (χ0) is 16.1. The minimum atomic E-state index is -0.420. The van der Waals surface area contributed by atoms with Gasteiger partial charge in [0.25, 0.3) is 0 Å². The van der Waals surface area contributed by atoms with Gasteiger partial charge in [-0.3, -0.25) is 9.69 Å². The molecule has 0 spiro atoms. The summed E-state index contributed by atoms with van der Waals surface area (Å²) in [5, 5.41) is 0. The largest absolute Gasteiger partial charge is 0.460 e. The Morgan fingerprint density at radius 1 is 1.12 bits per heavy atom. The molecule has 1 saturated carbocycles. The molecule has 4 aliphatic rings. The highest BCUT2D eigenvalue weighted by molar-refractivity contribution is 5.85. The minimum Gasteiger partial charge on any atom is -0.460 e. The van der Waals surface area contributed by atoms with Crippen molar-refractivity contribution in [3.05, 3.63) is 35.9 Å².